The molecule has 1 fully saturated rings. The summed E-state index contributed by atoms with van der Waals surface area (Å²) in [7, 11) is 0. The lowest BCUT2D eigenvalue weighted by atomic mass is 9.93. The van der Waals surface area contributed by atoms with Gasteiger partial charge in [-0.15, -0.1) is 0 Å². The molecule has 0 spiro atoms. The summed E-state index contributed by atoms with van der Waals surface area (Å²) in [5, 5.41) is -0.282. The van der Waals surface area contributed by atoms with E-state index in [2.05, 4.69) is 30.9 Å². The van der Waals surface area contributed by atoms with Gasteiger partial charge >= 0.3 is 0 Å². The maximum Gasteiger partial charge on any atom is 0.222 e. The summed E-state index contributed by atoms with van der Waals surface area (Å²) in [6, 6.07) is 8.24. The van der Waals surface area contributed by atoms with Gasteiger partial charge in [0, 0.05) is 26.1 Å². The van der Waals surface area contributed by atoms with Gasteiger partial charge in [-0.2, -0.15) is 0 Å². The Kier molecular flexibility index (Phi) is 9.60. The molecule has 1 unspecified atom stereocenters. The second-order valence-corrected chi connectivity index (χ2v) is 8.02. The molecule has 5 heteroatoms. The molecule has 0 bridgehead atoms. The first-order valence-corrected chi connectivity index (χ1v) is 10.7. The maximum atomic E-state index is 11.0. The molecule has 0 radical (unpaired) electrons. The Bertz CT molecular complexity index is 563. The van der Waals surface area contributed by atoms with Gasteiger partial charge in [0.05, 0.1) is 13.2 Å². The molecule has 2 rings (SSSR count). The van der Waals surface area contributed by atoms with Crippen LogP contribution in [0.25, 0.3) is 0 Å². The molecular weight excluding hydrogens is 362 g/mol. The summed E-state index contributed by atoms with van der Waals surface area (Å²) >= 11 is 5.48. The smallest absolute Gasteiger partial charge is 0.222 e. The molecule has 1 heterocycles. The van der Waals surface area contributed by atoms with Crippen LogP contribution in [0.2, 0.25) is 0 Å². The third kappa shape index (κ3) is 7.81. The summed E-state index contributed by atoms with van der Waals surface area (Å²) in [6.07, 6.45) is 7.99. The molecule has 0 N–H and O–H groups in total. The number of unbranched alkanes of at least 4 members (excludes halogenated alkanes) is 5. The van der Waals surface area contributed by atoms with Crippen LogP contribution in [0, 0.1) is 0 Å². The van der Waals surface area contributed by atoms with E-state index in [0.29, 0.717) is 19.6 Å². The van der Waals surface area contributed by atoms with Crippen molar-refractivity contribution in [3.8, 4) is 5.75 Å². The second kappa shape index (κ2) is 11.7. The molecule has 27 heavy (non-hydrogen) atoms. The van der Waals surface area contributed by atoms with Crippen LogP contribution in [0.3, 0.4) is 0 Å². The highest BCUT2D eigenvalue weighted by Gasteiger charge is 2.33. The first-order chi connectivity index (χ1) is 13.0. The SMILES string of the molecule is CCCCCCCCOc1ccc(C2(C)CN(CCC(=O)Cl)CCO2)cc1. The van der Waals surface area contributed by atoms with Gasteiger partial charge < -0.3 is 9.47 Å². The quantitative estimate of drug-likeness (QED) is 0.363. The van der Waals surface area contributed by atoms with Gasteiger partial charge in [0.15, 0.2) is 0 Å². The summed E-state index contributed by atoms with van der Waals surface area (Å²) in [4.78, 5) is 13.3. The van der Waals surface area contributed by atoms with Crippen LogP contribution in [0.4, 0.5) is 0 Å². The number of carbonyl (C=O) groups is 1. The molecule has 1 aromatic rings. The normalized spacial score (nSPS) is 20.6. The van der Waals surface area contributed by atoms with Crippen molar-refractivity contribution in [2.75, 3.05) is 32.8 Å². The number of hydrogen-bond acceptors (Lipinski definition) is 4. The minimum atomic E-state index is -0.370. The fourth-order valence-electron chi connectivity index (χ4n) is 3.54. The number of carbonyl (C=O) groups excluding carboxylic acids is 1. The number of ether oxygens (including phenoxy) is 2. The van der Waals surface area contributed by atoms with Gasteiger partial charge in [0.2, 0.25) is 5.24 Å². The van der Waals surface area contributed by atoms with Crippen molar-refractivity contribution in [1.82, 2.24) is 4.90 Å². The standard InChI is InChI=1S/C22H34ClNO3/c1-3-4-5-6-7-8-16-26-20-11-9-19(10-12-20)22(2)18-24(15-17-27-22)14-13-21(23)25/h9-12H,3-8,13-18H2,1-2H3. The molecule has 0 aliphatic carbocycles. The van der Waals surface area contributed by atoms with Gasteiger partial charge in [-0.25, -0.2) is 0 Å². The molecule has 1 aromatic carbocycles. The Morgan fingerprint density at radius 3 is 2.59 bits per heavy atom. The van der Waals surface area contributed by atoms with Gasteiger partial charge in [-0.05, 0) is 42.6 Å². The zero-order valence-corrected chi connectivity index (χ0v) is 17.6. The van der Waals surface area contributed by atoms with Crippen LogP contribution in [0.15, 0.2) is 24.3 Å². The van der Waals surface area contributed by atoms with E-state index in [0.717, 1.165) is 37.4 Å². The Hall–Kier alpha value is -1.10. The summed E-state index contributed by atoms with van der Waals surface area (Å²) in [5.74, 6) is 0.913. The first kappa shape index (κ1) is 22.2. The van der Waals surface area contributed by atoms with Crippen molar-refractivity contribution in [2.24, 2.45) is 0 Å². The van der Waals surface area contributed by atoms with Crippen molar-refractivity contribution in [2.45, 2.75) is 64.4 Å². The molecule has 0 saturated carbocycles. The molecule has 1 aliphatic heterocycles. The Balaban J connectivity index is 1.78. The Morgan fingerprint density at radius 2 is 1.89 bits per heavy atom. The number of benzene rings is 1. The Labute approximate surface area is 169 Å². The zero-order valence-electron chi connectivity index (χ0n) is 16.8. The number of rotatable bonds is 12. The van der Waals surface area contributed by atoms with Crippen molar-refractivity contribution in [3.63, 3.8) is 0 Å². The van der Waals surface area contributed by atoms with Crippen molar-refractivity contribution >= 4 is 16.8 Å². The molecule has 4 nitrogen and oxygen atoms in total. The van der Waals surface area contributed by atoms with Crippen LogP contribution in [0.1, 0.15) is 64.4 Å². The third-order valence-electron chi connectivity index (χ3n) is 5.21. The van der Waals surface area contributed by atoms with Gasteiger partial charge in [0.25, 0.3) is 0 Å². The Morgan fingerprint density at radius 1 is 1.19 bits per heavy atom. The van der Waals surface area contributed by atoms with E-state index in [1.807, 2.05) is 12.1 Å². The highest BCUT2D eigenvalue weighted by molar-refractivity contribution is 6.63. The number of nitrogens with zero attached hydrogens (tertiary/aromatic N) is 1. The minimum Gasteiger partial charge on any atom is -0.494 e. The molecule has 1 saturated heterocycles. The zero-order chi connectivity index (χ0) is 19.5. The van der Waals surface area contributed by atoms with Crippen LogP contribution < -0.4 is 4.74 Å². The lowest BCUT2D eigenvalue weighted by Crippen LogP contribution is -2.48. The number of morpholine rings is 1. The molecular formula is C22H34ClNO3. The topological polar surface area (TPSA) is 38.8 Å². The highest BCUT2D eigenvalue weighted by atomic mass is 35.5. The minimum absolute atomic E-state index is 0.282. The fraction of sp³-hybridized carbons (Fsp3) is 0.682. The van der Waals surface area contributed by atoms with Crippen molar-refractivity contribution < 1.29 is 14.3 Å². The van der Waals surface area contributed by atoms with Crippen LogP contribution in [-0.4, -0.2) is 43.0 Å². The summed E-state index contributed by atoms with van der Waals surface area (Å²) < 4.78 is 11.9. The van der Waals surface area contributed by atoms with E-state index in [1.165, 1.54) is 32.1 Å². The lowest BCUT2D eigenvalue weighted by molar-refractivity contribution is -0.116. The predicted molar refractivity (Wildman–Crippen MR) is 111 cm³/mol. The predicted octanol–water partition coefficient (Wildman–Crippen LogP) is 5.13. The third-order valence-corrected chi connectivity index (χ3v) is 5.40. The van der Waals surface area contributed by atoms with Crippen molar-refractivity contribution in [1.29, 1.82) is 0 Å². The second-order valence-electron chi connectivity index (χ2n) is 7.60. The van der Waals surface area contributed by atoms with E-state index in [1.54, 1.807) is 0 Å². The van der Waals surface area contributed by atoms with E-state index in [9.17, 15) is 4.79 Å². The molecule has 152 valence electrons. The molecule has 1 atom stereocenters. The lowest BCUT2D eigenvalue weighted by Gasteiger charge is -2.40. The van der Waals surface area contributed by atoms with Gasteiger partial charge in [-0.3, -0.25) is 9.69 Å². The van der Waals surface area contributed by atoms with Crippen LogP contribution in [0.5, 0.6) is 5.75 Å². The monoisotopic (exact) mass is 395 g/mol. The largest absolute Gasteiger partial charge is 0.494 e. The maximum absolute atomic E-state index is 11.0. The number of hydrogen-bond donors (Lipinski definition) is 0. The average Bonchev–Trinajstić information content (AvgIpc) is 2.66. The number of halogens is 1. The first-order valence-electron chi connectivity index (χ1n) is 10.3. The summed E-state index contributed by atoms with van der Waals surface area (Å²) in [6.45, 7) is 8.05. The molecule has 0 aromatic heterocycles. The molecule has 1 aliphatic rings. The van der Waals surface area contributed by atoms with E-state index < -0.39 is 0 Å². The molecule has 0 amide bonds. The van der Waals surface area contributed by atoms with Gasteiger partial charge in [0.1, 0.15) is 11.4 Å². The van der Waals surface area contributed by atoms with E-state index in [-0.39, 0.29) is 10.8 Å². The van der Waals surface area contributed by atoms with E-state index >= 15 is 0 Å². The van der Waals surface area contributed by atoms with E-state index in [4.69, 9.17) is 21.1 Å². The van der Waals surface area contributed by atoms with Crippen molar-refractivity contribution in [3.05, 3.63) is 29.8 Å². The highest BCUT2D eigenvalue weighted by Crippen LogP contribution is 2.30. The summed E-state index contributed by atoms with van der Waals surface area (Å²) in [5.41, 5.74) is 0.766. The average molecular weight is 396 g/mol. The van der Waals surface area contributed by atoms with Crippen LogP contribution in [-0.2, 0) is 15.1 Å². The van der Waals surface area contributed by atoms with Crippen LogP contribution >= 0.6 is 11.6 Å². The van der Waals surface area contributed by atoms with Gasteiger partial charge in [-0.1, -0.05) is 51.2 Å². The fourth-order valence-corrected chi connectivity index (χ4v) is 3.62.